The van der Waals surface area contributed by atoms with Gasteiger partial charge in [0.1, 0.15) is 18.0 Å². The maximum Gasteiger partial charge on any atom is 0.179 e. The summed E-state index contributed by atoms with van der Waals surface area (Å²) in [7, 11) is -7.41. The molecule has 127 heavy (non-hydrogen) atoms. The lowest BCUT2D eigenvalue weighted by Crippen LogP contribution is -2.74. The minimum atomic E-state index is -2.49. The van der Waals surface area contributed by atoms with E-state index < -0.39 is 24.2 Å². The van der Waals surface area contributed by atoms with Gasteiger partial charge in [-0.05, 0) is 125 Å². The molecule has 0 amide bonds. The van der Waals surface area contributed by atoms with Gasteiger partial charge < -0.3 is 0 Å². The third-order valence-electron chi connectivity index (χ3n) is 23.3. The molecule has 0 N–H and O–H groups in total. The van der Waals surface area contributed by atoms with E-state index in [9.17, 15) is 0 Å². The molecule has 0 aliphatic heterocycles. The van der Waals surface area contributed by atoms with E-state index in [0.717, 1.165) is 56.4 Å². The van der Waals surface area contributed by atoms with E-state index in [1.54, 1.807) is 6.33 Å². The summed E-state index contributed by atoms with van der Waals surface area (Å²) in [5, 5.41) is 16.4. The molecule has 4 aromatic heterocycles. The van der Waals surface area contributed by atoms with Crippen molar-refractivity contribution in [2.24, 2.45) is 0 Å². The number of nitrogens with zero attached hydrogens (tertiary/aromatic N) is 9. The van der Waals surface area contributed by atoms with Crippen molar-refractivity contribution in [2.45, 2.75) is 27.7 Å². The Bertz CT molecular complexity index is 6040. The smallest absolute Gasteiger partial charge is 0.179 e. The summed E-state index contributed by atoms with van der Waals surface area (Å²) in [6, 6.07) is 169. The fourth-order valence-corrected chi connectivity index (χ4v) is 31.4. The van der Waals surface area contributed by atoms with Crippen molar-refractivity contribution >= 4 is 86.5 Å². The summed E-state index contributed by atoms with van der Waals surface area (Å²) in [5.41, 5.74) is 13.0. The molecule has 610 valence electrons. The first-order valence-electron chi connectivity index (χ1n) is 42.9. The predicted octanol–water partition coefficient (Wildman–Crippen LogP) is 18.3. The summed E-state index contributed by atoms with van der Waals surface area (Å²) in [6.45, 7) is 8.02. The molecule has 4 heterocycles. The van der Waals surface area contributed by atoms with Crippen molar-refractivity contribution in [3.63, 3.8) is 0 Å². The molecular formula is C115H93N9Si3. The van der Waals surface area contributed by atoms with E-state index in [1.807, 2.05) is 99.0 Å². The van der Waals surface area contributed by atoms with E-state index >= 15 is 0 Å². The second kappa shape index (κ2) is 39.7. The Kier molecular flexibility index (Phi) is 26.2. The van der Waals surface area contributed by atoms with E-state index in [0.29, 0.717) is 23.3 Å². The Hall–Kier alpha value is -15.6. The van der Waals surface area contributed by atoms with Gasteiger partial charge in [0.15, 0.2) is 47.5 Å². The van der Waals surface area contributed by atoms with Gasteiger partial charge in [0, 0.05) is 45.8 Å². The highest BCUT2D eigenvalue weighted by Crippen LogP contribution is 2.29. The Balaban J connectivity index is 0.000000119. The van der Waals surface area contributed by atoms with Crippen molar-refractivity contribution in [1.29, 1.82) is 0 Å². The van der Waals surface area contributed by atoms with Gasteiger partial charge in [-0.25, -0.2) is 39.9 Å². The lowest BCUT2D eigenvalue weighted by Gasteiger charge is -2.34. The monoisotopic (exact) mass is 1680 g/mol. The fourth-order valence-electron chi connectivity index (χ4n) is 17.2. The fraction of sp³-hybridized carbons (Fsp3) is 0.0348. The molecule has 20 rings (SSSR count). The van der Waals surface area contributed by atoms with E-state index in [4.69, 9.17) is 15.0 Å². The number of benzene rings is 16. The second-order valence-electron chi connectivity index (χ2n) is 31.3. The van der Waals surface area contributed by atoms with Gasteiger partial charge in [-0.2, -0.15) is 0 Å². The van der Waals surface area contributed by atoms with Crippen LogP contribution in [-0.4, -0.2) is 69.1 Å². The summed E-state index contributed by atoms with van der Waals surface area (Å²) in [4.78, 5) is 40.8. The molecule has 20 aromatic rings. The van der Waals surface area contributed by atoms with Crippen LogP contribution in [0.4, 0.5) is 0 Å². The molecule has 0 aliphatic rings. The Morgan fingerprint density at radius 2 is 0.402 bits per heavy atom. The topological polar surface area (TPSA) is 116 Å². The number of hydrogen-bond donors (Lipinski definition) is 0. The van der Waals surface area contributed by atoms with Crippen molar-refractivity contribution in [3.8, 4) is 79.2 Å². The summed E-state index contributed by atoms with van der Waals surface area (Å²) >= 11 is 0. The first kappa shape index (κ1) is 83.7. The Labute approximate surface area is 747 Å². The van der Waals surface area contributed by atoms with Crippen LogP contribution in [0.2, 0.25) is 0 Å². The molecule has 0 radical (unpaired) electrons. The maximum absolute atomic E-state index is 4.79. The van der Waals surface area contributed by atoms with Crippen LogP contribution >= 0.6 is 0 Å². The SMILES string of the molecule is Cc1ccc(-c2ccc(-c3nc(-c4ccccc4)nc(-c4ccccc4)n3)cc2)cc1.Cc1ccnc(-c2ccc([Si](c3ccccc3)(c3ccccc3)c3ccccc3)cc2)c1.Cc1nccc(-c2ccc([Si](c3ccccc3)(c3ccccc3)c3ccccc3)cc2)n1.Cc1ncnc(-c2ccc([Si](c3ccccc3)(c3ccccc3)c3ccccc3)cc2)n1. The molecule has 0 spiro atoms. The van der Waals surface area contributed by atoms with Crippen LogP contribution in [-0.2, 0) is 0 Å². The molecule has 16 aromatic carbocycles. The minimum absolute atomic E-state index is 0.670. The van der Waals surface area contributed by atoms with Crippen LogP contribution in [0.15, 0.2) is 492 Å². The standard InChI is InChI=1S/C30H25NSi.C29H24N2Si.C28H23N3Si.C28H21N3/c1-24-21-22-31-30(23-24)25-17-19-29(20-18-25)32(26-11-5-2-6-12-26,27-13-7-3-8-14-27)28-15-9-4-10-16-28;1-23-30-22-21-29(31-23)24-17-19-28(20-18-24)32(25-11-5-2-6-12-25,26-13-7-3-8-14-26)27-15-9-4-10-16-27;1-22-29-21-30-28(31-22)23-17-19-27(20-18-23)32(24-11-5-2-6-12-24,25-13-7-3-8-14-25)26-15-9-4-10-16-26;1-20-12-14-21(15-13-20)22-16-18-25(19-17-22)28-30-26(23-8-4-2-5-9-23)29-27(31-28)24-10-6-3-7-11-24/h2-23H,1H3;2-22H,1H3;2-21H,1H3;2-19H,1H3. The molecule has 0 saturated carbocycles. The van der Waals surface area contributed by atoms with Gasteiger partial charge >= 0.3 is 0 Å². The molecule has 0 saturated heterocycles. The van der Waals surface area contributed by atoms with E-state index in [-0.39, 0.29) is 0 Å². The number of pyridine rings is 1. The quantitative estimate of drug-likeness (QED) is 0.0576. The van der Waals surface area contributed by atoms with Gasteiger partial charge in [-0.15, -0.1) is 0 Å². The molecule has 0 atom stereocenters. The number of aromatic nitrogens is 9. The average molecular weight is 1690 g/mol. The Morgan fingerprint density at radius 3 is 0.709 bits per heavy atom. The van der Waals surface area contributed by atoms with Crippen molar-refractivity contribution in [2.75, 3.05) is 0 Å². The predicted molar refractivity (Wildman–Crippen MR) is 534 cm³/mol. The highest BCUT2D eigenvalue weighted by atomic mass is 28.3. The zero-order valence-electron chi connectivity index (χ0n) is 71.3. The number of aryl methyl sites for hydroxylation is 4. The normalized spacial score (nSPS) is 11.1. The van der Waals surface area contributed by atoms with Crippen LogP contribution in [0.3, 0.4) is 0 Å². The molecular weight excluding hydrogens is 1590 g/mol. The largest absolute Gasteiger partial charge is 0.256 e. The zero-order chi connectivity index (χ0) is 86.5. The average Bonchev–Trinajstić information content (AvgIpc) is 0.743. The third-order valence-corrected chi connectivity index (χ3v) is 37.7. The summed E-state index contributed by atoms with van der Waals surface area (Å²) in [5.74, 6) is 4.23. The number of hydrogen-bond acceptors (Lipinski definition) is 9. The zero-order valence-corrected chi connectivity index (χ0v) is 74.3. The first-order chi connectivity index (χ1) is 62.6. The highest BCUT2D eigenvalue weighted by molar-refractivity contribution is 7.21. The van der Waals surface area contributed by atoms with Crippen LogP contribution in [0.1, 0.15) is 22.8 Å². The number of rotatable bonds is 19. The highest BCUT2D eigenvalue weighted by Gasteiger charge is 2.44. The van der Waals surface area contributed by atoms with Crippen molar-refractivity contribution < 1.29 is 0 Å². The second-order valence-corrected chi connectivity index (χ2v) is 42.7. The van der Waals surface area contributed by atoms with Crippen LogP contribution in [0.25, 0.3) is 79.2 Å². The molecule has 12 heteroatoms. The van der Waals surface area contributed by atoms with E-state index in [1.165, 1.54) is 84.5 Å². The van der Waals surface area contributed by atoms with E-state index in [2.05, 4.69) is 444 Å². The maximum atomic E-state index is 4.79. The molecule has 9 nitrogen and oxygen atoms in total. The van der Waals surface area contributed by atoms with Crippen LogP contribution in [0, 0.1) is 27.7 Å². The molecule has 0 fully saturated rings. The summed E-state index contributed by atoms with van der Waals surface area (Å²) in [6.07, 6.45) is 5.28. The third kappa shape index (κ3) is 18.6. The van der Waals surface area contributed by atoms with Gasteiger partial charge in [0.25, 0.3) is 0 Å². The Morgan fingerprint density at radius 1 is 0.157 bits per heavy atom. The van der Waals surface area contributed by atoms with Crippen molar-refractivity contribution in [1.82, 2.24) is 44.9 Å². The molecule has 0 aliphatic carbocycles. The first-order valence-corrected chi connectivity index (χ1v) is 48.9. The minimum Gasteiger partial charge on any atom is -0.256 e. The lowest BCUT2D eigenvalue weighted by atomic mass is 10.0. The lowest BCUT2D eigenvalue weighted by molar-refractivity contribution is 0.983. The van der Waals surface area contributed by atoms with Crippen LogP contribution in [0.5, 0.6) is 0 Å². The van der Waals surface area contributed by atoms with Gasteiger partial charge in [0.05, 0.1) is 11.4 Å². The van der Waals surface area contributed by atoms with Gasteiger partial charge in [-0.3, -0.25) is 4.98 Å². The summed E-state index contributed by atoms with van der Waals surface area (Å²) < 4.78 is 0. The van der Waals surface area contributed by atoms with Gasteiger partial charge in [0.2, 0.25) is 0 Å². The van der Waals surface area contributed by atoms with Crippen molar-refractivity contribution in [3.05, 3.63) is 515 Å². The molecule has 0 bridgehead atoms. The molecule has 0 unspecified atom stereocenters. The van der Waals surface area contributed by atoms with Crippen LogP contribution < -0.4 is 62.2 Å². The van der Waals surface area contributed by atoms with Gasteiger partial charge in [-0.1, -0.05) is 461 Å².